The summed E-state index contributed by atoms with van der Waals surface area (Å²) in [6.07, 6.45) is 3.46. The van der Waals surface area contributed by atoms with Gasteiger partial charge in [-0.3, -0.25) is 0 Å². The Morgan fingerprint density at radius 2 is 1.86 bits per heavy atom. The van der Waals surface area contributed by atoms with Gasteiger partial charge in [0.15, 0.2) is 0 Å². The molecule has 2 aromatic carbocycles. The van der Waals surface area contributed by atoms with E-state index in [2.05, 4.69) is 54.8 Å². The van der Waals surface area contributed by atoms with E-state index in [1.165, 1.54) is 29.5 Å². The molecule has 2 nitrogen and oxygen atoms in total. The van der Waals surface area contributed by atoms with E-state index in [0.717, 1.165) is 12.2 Å². The van der Waals surface area contributed by atoms with E-state index in [4.69, 9.17) is 4.74 Å². The smallest absolute Gasteiger partial charge is 0.122 e. The highest BCUT2D eigenvalue weighted by molar-refractivity contribution is 5.36. The first-order valence-corrected chi connectivity index (χ1v) is 7.70. The van der Waals surface area contributed by atoms with Crippen LogP contribution in [0.25, 0.3) is 0 Å². The molecular weight excluding hydrogens is 258 g/mol. The molecule has 0 radical (unpaired) electrons. The fourth-order valence-corrected chi connectivity index (χ4v) is 3.59. The van der Waals surface area contributed by atoms with Crippen molar-refractivity contribution in [1.29, 1.82) is 0 Å². The van der Waals surface area contributed by atoms with Gasteiger partial charge in [-0.25, -0.2) is 0 Å². The number of fused-ring (bicyclic) bond motifs is 1. The molecule has 0 saturated carbocycles. The molecule has 21 heavy (non-hydrogen) atoms. The second kappa shape index (κ2) is 6.31. The van der Waals surface area contributed by atoms with Crippen LogP contribution in [-0.2, 0) is 12.8 Å². The van der Waals surface area contributed by atoms with Gasteiger partial charge in [0.25, 0.3) is 0 Å². The number of aryl methyl sites for hydroxylation is 1. The average molecular weight is 281 g/mol. The van der Waals surface area contributed by atoms with E-state index in [9.17, 15) is 0 Å². The molecule has 0 aromatic heterocycles. The average Bonchev–Trinajstić information content (AvgIpc) is 2.55. The molecule has 2 aromatic rings. The van der Waals surface area contributed by atoms with Gasteiger partial charge in [0.05, 0.1) is 7.11 Å². The van der Waals surface area contributed by atoms with Crippen molar-refractivity contribution < 1.29 is 4.74 Å². The topological polar surface area (TPSA) is 21.3 Å². The third-order valence-electron chi connectivity index (χ3n) is 4.63. The van der Waals surface area contributed by atoms with Crippen LogP contribution in [0, 0.1) is 5.92 Å². The number of hydrogen-bond acceptors (Lipinski definition) is 2. The molecule has 2 unspecified atom stereocenters. The normalized spacial score (nSPS) is 20.9. The predicted molar refractivity (Wildman–Crippen MR) is 86.8 cm³/mol. The summed E-state index contributed by atoms with van der Waals surface area (Å²) in [5, 5.41) is 3.53. The number of hydrogen-bond donors (Lipinski definition) is 1. The first kappa shape index (κ1) is 14.2. The molecule has 1 N–H and O–H groups in total. The SMILES string of the molecule is CNC1c2ccccc2CCC1Cc1ccccc1OC. The molecule has 0 fully saturated rings. The van der Waals surface area contributed by atoms with E-state index < -0.39 is 0 Å². The zero-order chi connectivity index (χ0) is 14.7. The van der Waals surface area contributed by atoms with Crippen LogP contribution in [-0.4, -0.2) is 14.2 Å². The highest BCUT2D eigenvalue weighted by atomic mass is 16.5. The first-order valence-electron chi connectivity index (χ1n) is 7.70. The number of ether oxygens (including phenoxy) is 1. The van der Waals surface area contributed by atoms with E-state index >= 15 is 0 Å². The molecule has 0 aliphatic heterocycles. The molecule has 0 saturated heterocycles. The van der Waals surface area contributed by atoms with Crippen molar-refractivity contribution in [2.24, 2.45) is 5.92 Å². The summed E-state index contributed by atoms with van der Waals surface area (Å²) in [5.41, 5.74) is 4.27. The standard InChI is InChI=1S/C19H23NO/c1-20-19-16(12-11-14-7-3-5-9-17(14)19)13-15-8-4-6-10-18(15)21-2/h3-10,16,19-20H,11-13H2,1-2H3. The summed E-state index contributed by atoms with van der Waals surface area (Å²) in [6, 6.07) is 17.6. The maximum atomic E-state index is 5.50. The molecule has 0 heterocycles. The molecule has 3 rings (SSSR count). The van der Waals surface area contributed by atoms with Crippen molar-refractivity contribution >= 4 is 0 Å². The summed E-state index contributed by atoms with van der Waals surface area (Å²) < 4.78 is 5.50. The van der Waals surface area contributed by atoms with Gasteiger partial charge < -0.3 is 10.1 Å². The highest BCUT2D eigenvalue weighted by Gasteiger charge is 2.28. The summed E-state index contributed by atoms with van der Waals surface area (Å²) in [5.74, 6) is 1.62. The van der Waals surface area contributed by atoms with Gasteiger partial charge >= 0.3 is 0 Å². The lowest BCUT2D eigenvalue weighted by Gasteiger charge is -2.34. The van der Waals surface area contributed by atoms with Gasteiger partial charge in [-0.1, -0.05) is 42.5 Å². The van der Waals surface area contributed by atoms with Crippen LogP contribution in [0.5, 0.6) is 5.75 Å². The van der Waals surface area contributed by atoms with Crippen LogP contribution in [0.15, 0.2) is 48.5 Å². The fraction of sp³-hybridized carbons (Fsp3) is 0.368. The molecule has 0 bridgehead atoms. The number of rotatable bonds is 4. The van der Waals surface area contributed by atoms with Crippen LogP contribution in [0.4, 0.5) is 0 Å². The van der Waals surface area contributed by atoms with Gasteiger partial charge in [-0.15, -0.1) is 0 Å². The van der Waals surface area contributed by atoms with Gasteiger partial charge in [-0.05, 0) is 55.0 Å². The minimum atomic E-state index is 0.430. The number of benzene rings is 2. The van der Waals surface area contributed by atoms with Crippen molar-refractivity contribution in [2.45, 2.75) is 25.3 Å². The van der Waals surface area contributed by atoms with Crippen LogP contribution < -0.4 is 10.1 Å². The minimum absolute atomic E-state index is 0.430. The second-order valence-corrected chi connectivity index (χ2v) is 5.78. The third kappa shape index (κ3) is 2.81. The van der Waals surface area contributed by atoms with E-state index in [0.29, 0.717) is 12.0 Å². The highest BCUT2D eigenvalue weighted by Crippen LogP contribution is 2.37. The fourth-order valence-electron chi connectivity index (χ4n) is 3.59. The predicted octanol–water partition coefficient (Wildman–Crippen LogP) is 3.76. The Morgan fingerprint density at radius 3 is 2.67 bits per heavy atom. The Kier molecular flexibility index (Phi) is 4.26. The molecule has 0 amide bonds. The van der Waals surface area contributed by atoms with Gasteiger partial charge in [0.2, 0.25) is 0 Å². The Hall–Kier alpha value is -1.80. The molecule has 2 atom stereocenters. The zero-order valence-electron chi connectivity index (χ0n) is 12.8. The Balaban J connectivity index is 1.86. The van der Waals surface area contributed by atoms with Crippen molar-refractivity contribution in [1.82, 2.24) is 5.32 Å². The maximum Gasteiger partial charge on any atom is 0.122 e. The van der Waals surface area contributed by atoms with Crippen molar-refractivity contribution in [3.63, 3.8) is 0 Å². The van der Waals surface area contributed by atoms with E-state index in [-0.39, 0.29) is 0 Å². The molecule has 2 heteroatoms. The molecule has 1 aliphatic carbocycles. The van der Waals surface area contributed by atoms with Crippen LogP contribution >= 0.6 is 0 Å². The van der Waals surface area contributed by atoms with Crippen LogP contribution in [0.2, 0.25) is 0 Å². The quantitative estimate of drug-likeness (QED) is 0.921. The largest absolute Gasteiger partial charge is 0.496 e. The first-order chi connectivity index (χ1) is 10.3. The summed E-state index contributed by atoms with van der Waals surface area (Å²) in [7, 11) is 3.83. The second-order valence-electron chi connectivity index (χ2n) is 5.78. The lowest BCUT2D eigenvalue weighted by Crippen LogP contribution is -2.31. The van der Waals surface area contributed by atoms with E-state index in [1.54, 1.807) is 7.11 Å². The summed E-state index contributed by atoms with van der Waals surface area (Å²) in [4.78, 5) is 0. The molecule has 110 valence electrons. The third-order valence-corrected chi connectivity index (χ3v) is 4.63. The maximum absolute atomic E-state index is 5.50. The minimum Gasteiger partial charge on any atom is -0.496 e. The summed E-state index contributed by atoms with van der Waals surface area (Å²) >= 11 is 0. The van der Waals surface area contributed by atoms with E-state index in [1.807, 2.05) is 6.07 Å². The van der Waals surface area contributed by atoms with Crippen molar-refractivity contribution in [3.05, 3.63) is 65.2 Å². The van der Waals surface area contributed by atoms with Crippen molar-refractivity contribution in [2.75, 3.05) is 14.2 Å². The van der Waals surface area contributed by atoms with Crippen molar-refractivity contribution in [3.8, 4) is 5.75 Å². The van der Waals surface area contributed by atoms with Gasteiger partial charge in [-0.2, -0.15) is 0 Å². The Labute approximate surface area is 127 Å². The number of nitrogens with one attached hydrogen (secondary N) is 1. The number of para-hydroxylation sites is 1. The molecule has 0 spiro atoms. The zero-order valence-corrected chi connectivity index (χ0v) is 12.8. The van der Waals surface area contributed by atoms with Gasteiger partial charge in [0, 0.05) is 6.04 Å². The Morgan fingerprint density at radius 1 is 1.10 bits per heavy atom. The summed E-state index contributed by atoms with van der Waals surface area (Å²) in [6.45, 7) is 0. The Bertz CT molecular complexity index is 608. The van der Waals surface area contributed by atoms with Crippen LogP contribution in [0.3, 0.4) is 0 Å². The molecule has 1 aliphatic rings. The number of methoxy groups -OCH3 is 1. The van der Waals surface area contributed by atoms with Gasteiger partial charge in [0.1, 0.15) is 5.75 Å². The monoisotopic (exact) mass is 281 g/mol. The lowest BCUT2D eigenvalue weighted by atomic mass is 9.77. The lowest BCUT2D eigenvalue weighted by molar-refractivity contribution is 0.328. The molecular formula is C19H23NO. The van der Waals surface area contributed by atoms with Crippen LogP contribution in [0.1, 0.15) is 29.2 Å².